The molecule has 0 aliphatic heterocycles. The molecule has 0 aliphatic carbocycles. The third kappa shape index (κ3) is 21.3. The Hall–Kier alpha value is -13.0. The maximum Gasteiger partial charge on any atom is 0.0640 e. The van der Waals surface area contributed by atoms with Gasteiger partial charge in [0.15, 0.2) is 0 Å². The molecule has 0 saturated heterocycles. The molecule has 0 bridgehead atoms. The van der Waals surface area contributed by atoms with E-state index in [0.717, 1.165) is 70.3 Å². The highest BCUT2D eigenvalue weighted by Gasteiger charge is 2.22. The van der Waals surface area contributed by atoms with E-state index in [0.29, 0.717) is 0 Å². The minimum Gasteiger partial charge on any atom is -0.356 e. The minimum atomic E-state index is 0. The lowest BCUT2D eigenvalue weighted by Crippen LogP contribution is -2.10. The van der Waals surface area contributed by atoms with E-state index in [-0.39, 0.29) is 7.43 Å². The van der Waals surface area contributed by atoms with Crippen LogP contribution in [0.4, 0.5) is 73.9 Å². The second kappa shape index (κ2) is 43.5. The number of halogens is 4. The Morgan fingerprint density at radius 1 is 0.203 bits per heavy atom. The molecule has 128 heavy (non-hydrogen) atoms. The number of para-hydroxylation sites is 7. The van der Waals surface area contributed by atoms with Crippen molar-refractivity contribution >= 4 is 239 Å². The Kier molecular flexibility index (Phi) is 30.0. The fraction of sp³-hybridized carbons (Fsp3) is 0.0172. The predicted octanol–water partition coefficient (Wildman–Crippen LogP) is 38.4. The summed E-state index contributed by atoms with van der Waals surface area (Å²) in [5.74, 6) is 0. The van der Waals surface area contributed by atoms with Crippen molar-refractivity contribution in [3.8, 4) is 33.4 Å². The second-order valence-corrected chi connectivity index (χ2v) is 35.6. The summed E-state index contributed by atoms with van der Waals surface area (Å²) in [6.07, 6.45) is 0. The number of nitrogens with zero attached hydrogens (tertiary/aromatic N) is 3. The van der Waals surface area contributed by atoms with Crippen molar-refractivity contribution in [2.45, 2.75) is 7.43 Å². The van der Waals surface area contributed by atoms with Gasteiger partial charge in [-0.05, 0) is 232 Å². The van der Waals surface area contributed by atoms with Gasteiger partial charge in [-0.3, -0.25) is 0 Å². The Morgan fingerprint density at radius 2 is 0.438 bits per heavy atom. The van der Waals surface area contributed by atoms with Crippen molar-refractivity contribution < 1.29 is 0 Å². The molecule has 5 nitrogen and oxygen atoms in total. The zero-order valence-corrected chi connectivity index (χ0v) is 78.6. The molecule has 19 aromatic carbocycles. The number of alkyl halides is 1. The van der Waals surface area contributed by atoms with Crippen molar-refractivity contribution in [1.29, 1.82) is 0 Å². The average molecular weight is 2020 g/mol. The van der Waals surface area contributed by atoms with Gasteiger partial charge in [0, 0.05) is 117 Å². The third-order valence-corrected chi connectivity index (χ3v) is 26.5. The lowest BCUT2D eigenvalue weighted by molar-refractivity contribution is 1.28. The first kappa shape index (κ1) is 88.4. The number of anilines is 13. The van der Waals surface area contributed by atoms with E-state index in [1.807, 2.05) is 142 Å². The minimum absolute atomic E-state index is 0. The van der Waals surface area contributed by atoms with E-state index in [2.05, 4.69) is 478 Å². The molecular formula is C116H89Br3IN5S3. The Labute approximate surface area is 800 Å². The van der Waals surface area contributed by atoms with Crippen LogP contribution < -0.4 is 25.3 Å². The summed E-state index contributed by atoms with van der Waals surface area (Å²) in [4.78, 5) is 9.05. The molecule has 22 aromatic rings. The second-order valence-electron chi connectivity index (χ2n) is 29.7. The van der Waals surface area contributed by atoms with Crippen LogP contribution in [-0.2, 0) is 0 Å². The third-order valence-electron chi connectivity index (χ3n) is 21.4. The summed E-state index contributed by atoms with van der Waals surface area (Å²) < 4.78 is 11.2. The zero-order valence-electron chi connectivity index (χ0n) is 69.3. The van der Waals surface area contributed by atoms with E-state index in [4.69, 9.17) is 0 Å². The van der Waals surface area contributed by atoms with Gasteiger partial charge in [0.25, 0.3) is 0 Å². The van der Waals surface area contributed by atoms with Gasteiger partial charge in [0.05, 0.1) is 31.2 Å². The quantitative estimate of drug-likeness (QED) is 0.0744. The van der Waals surface area contributed by atoms with Crippen LogP contribution in [0.1, 0.15) is 7.43 Å². The first-order valence-corrected chi connectivity index (χ1v) is 48.7. The summed E-state index contributed by atoms with van der Waals surface area (Å²) in [6, 6.07) is 170. The first-order valence-electron chi connectivity index (χ1n) is 41.7. The standard InChI is InChI=1S/C42H30N2S.C30H20BrNS.C18H13NS.C12H8Br2.C12H11N.CH3I.CH4/c1-4-17-33(18-5-1)43(34-19-6-2-7-20-34)36-23-12-15-31(29-36)32-16-13-24-37(30-32)44(35-21-8-3-9-22-35)40-27-14-26-39-38-25-10-11-28-41(38)45-42(39)40;31-23-11-6-9-21(19-23)22-10-7-14-25(20-22)32(24-12-2-1-3-13-24)28-17-8-16-27-26-15-4-5-18-29(26)33-30(27)28;1-2-7-13(8-3-1)19-16-11-6-10-15-14-9-4-5-12-17(14)20-18(15)16;13-11-5-1-3-9(7-11)10-4-2-6-12(14)8-10;1-3-7-11(8-4-1)13-12-9-5-2-6-10-12;1-2;/h1-30H;1-20H;1-12,19H;1-8H;1-10,13H;1H3;1H4. The molecule has 3 heterocycles. The fourth-order valence-electron chi connectivity index (χ4n) is 15.6. The topological polar surface area (TPSA) is 33.8 Å². The molecule has 3 aromatic heterocycles. The van der Waals surface area contributed by atoms with Gasteiger partial charge in [-0.1, -0.05) is 369 Å². The number of fused-ring (bicyclic) bond motifs is 9. The van der Waals surface area contributed by atoms with Crippen LogP contribution >= 0.6 is 104 Å². The molecule has 0 atom stereocenters. The lowest BCUT2D eigenvalue weighted by Gasteiger charge is -2.27. The number of hydrogen-bond acceptors (Lipinski definition) is 8. The fourth-order valence-corrected chi connectivity index (χ4v) is 20.4. The molecule has 0 unspecified atom stereocenters. The van der Waals surface area contributed by atoms with Gasteiger partial charge >= 0.3 is 0 Å². The summed E-state index contributed by atoms with van der Waals surface area (Å²) in [5, 5.41) is 14.7. The number of benzene rings is 19. The molecule has 0 radical (unpaired) electrons. The van der Waals surface area contributed by atoms with E-state index in [9.17, 15) is 0 Å². The van der Waals surface area contributed by atoms with Gasteiger partial charge in [-0.2, -0.15) is 0 Å². The Balaban J connectivity index is 0.000000126. The van der Waals surface area contributed by atoms with Crippen molar-refractivity contribution in [3.05, 3.63) is 499 Å². The Bertz CT molecular complexity index is 7250. The molecule has 0 saturated carbocycles. The van der Waals surface area contributed by atoms with Gasteiger partial charge in [-0.25, -0.2) is 0 Å². The molecule has 0 fully saturated rings. The molecule has 12 heteroatoms. The maximum absolute atomic E-state index is 3.62. The summed E-state index contributed by atoms with van der Waals surface area (Å²) in [7, 11) is 0. The summed E-state index contributed by atoms with van der Waals surface area (Å²) in [6.45, 7) is 0. The van der Waals surface area contributed by atoms with Crippen molar-refractivity contribution in [2.75, 3.05) is 30.3 Å². The molecule has 624 valence electrons. The van der Waals surface area contributed by atoms with Crippen LogP contribution in [0, 0.1) is 0 Å². The van der Waals surface area contributed by atoms with Gasteiger partial charge < -0.3 is 25.3 Å². The first-order chi connectivity index (χ1) is 62.7. The van der Waals surface area contributed by atoms with Crippen LogP contribution in [0.25, 0.3) is 93.9 Å². The highest BCUT2D eigenvalue weighted by molar-refractivity contribution is 14.1. The van der Waals surface area contributed by atoms with Crippen LogP contribution in [0.5, 0.6) is 0 Å². The van der Waals surface area contributed by atoms with Crippen molar-refractivity contribution in [3.63, 3.8) is 0 Å². The number of hydrogen-bond donors (Lipinski definition) is 2. The van der Waals surface area contributed by atoms with E-state index < -0.39 is 0 Å². The van der Waals surface area contributed by atoms with Gasteiger partial charge in [0.2, 0.25) is 0 Å². The van der Waals surface area contributed by atoms with Crippen LogP contribution in [0.15, 0.2) is 499 Å². The largest absolute Gasteiger partial charge is 0.356 e. The molecule has 0 aliphatic rings. The van der Waals surface area contributed by atoms with Crippen molar-refractivity contribution in [1.82, 2.24) is 0 Å². The molecular weight excluding hydrogens is 1930 g/mol. The lowest BCUT2D eigenvalue weighted by atomic mass is 10.0. The number of nitrogens with one attached hydrogen (secondary N) is 2. The van der Waals surface area contributed by atoms with Gasteiger partial charge in [0.1, 0.15) is 0 Å². The van der Waals surface area contributed by atoms with Crippen LogP contribution in [-0.4, -0.2) is 4.93 Å². The summed E-state index contributed by atoms with van der Waals surface area (Å²) >= 11 is 18.3. The molecule has 2 N–H and O–H groups in total. The predicted molar refractivity (Wildman–Crippen MR) is 580 cm³/mol. The summed E-state index contributed by atoms with van der Waals surface area (Å²) in [5.41, 5.74) is 22.0. The zero-order chi connectivity index (χ0) is 86.5. The molecule has 0 amide bonds. The van der Waals surface area contributed by atoms with Crippen molar-refractivity contribution in [2.24, 2.45) is 0 Å². The monoisotopic (exact) mass is 2010 g/mol. The number of rotatable bonds is 16. The van der Waals surface area contributed by atoms with E-state index in [1.165, 1.54) is 111 Å². The normalized spacial score (nSPS) is 10.6. The smallest absolute Gasteiger partial charge is 0.0640 e. The Morgan fingerprint density at radius 3 is 0.773 bits per heavy atom. The molecule has 22 rings (SSSR count). The number of thiophene rings is 3. The highest BCUT2D eigenvalue weighted by atomic mass is 127. The van der Waals surface area contributed by atoms with Crippen LogP contribution in [0.3, 0.4) is 0 Å². The van der Waals surface area contributed by atoms with Crippen LogP contribution in [0.2, 0.25) is 0 Å². The van der Waals surface area contributed by atoms with E-state index in [1.54, 1.807) is 0 Å². The average Bonchev–Trinajstić information content (AvgIpc) is 1.59. The highest BCUT2D eigenvalue weighted by Crippen LogP contribution is 2.49. The molecule has 0 spiro atoms. The van der Waals surface area contributed by atoms with E-state index >= 15 is 0 Å². The maximum atomic E-state index is 3.62. The SMILES string of the molecule is Brc1cccc(-c2cccc(Br)c2)c1.Brc1cccc(-c2cccc(N(c3ccccc3)c3cccc4c3sc3ccccc34)c2)c1.C.CI.c1ccc(N(c2ccccc2)c2cccc(-c3cccc(N(c4ccccc4)c4cccc5c4sc4ccccc45)c3)c2)cc1.c1ccc(Nc2cccc3c2sc2ccccc23)cc1.c1ccc(Nc2ccccc2)cc1. The van der Waals surface area contributed by atoms with Gasteiger partial charge in [-0.15, -0.1) is 34.0 Å².